The highest BCUT2D eigenvalue weighted by atomic mass is 32.2. The summed E-state index contributed by atoms with van der Waals surface area (Å²) in [6, 6.07) is 25.1. The fraction of sp³-hybridized carbons (Fsp3) is 0.302. The molecule has 326 valence electrons. The van der Waals surface area contributed by atoms with Crippen molar-refractivity contribution in [1.82, 2.24) is 19.4 Å². The number of nitro groups is 1. The van der Waals surface area contributed by atoms with Crippen molar-refractivity contribution in [2.45, 2.75) is 65.2 Å². The van der Waals surface area contributed by atoms with E-state index in [0.29, 0.717) is 21.6 Å². The van der Waals surface area contributed by atoms with Crippen LogP contribution in [0.2, 0.25) is 0 Å². The Balaban J connectivity index is 1.10. The Bertz CT molecular complexity index is 2490. The van der Waals surface area contributed by atoms with Crippen LogP contribution < -0.4 is 21.9 Å². The molecule has 0 aliphatic carbocycles. The number of aryl methyl sites for hydroxylation is 1. The first kappa shape index (κ1) is 45.9. The second kappa shape index (κ2) is 20.5. The van der Waals surface area contributed by atoms with Crippen LogP contribution in [-0.4, -0.2) is 88.7 Å². The zero-order valence-electron chi connectivity index (χ0n) is 33.9. The van der Waals surface area contributed by atoms with Crippen LogP contribution in [-0.2, 0) is 30.9 Å². The number of hydrogen-bond donors (Lipinski definition) is 4. The maximum absolute atomic E-state index is 14.0. The maximum atomic E-state index is 14.0. The van der Waals surface area contributed by atoms with Gasteiger partial charge in [0.2, 0.25) is 5.91 Å². The lowest BCUT2D eigenvalue weighted by Crippen LogP contribution is -2.64. The molecule has 16 nitrogen and oxygen atoms in total. The number of nitrogens with two attached hydrogens (primary N) is 3. The van der Waals surface area contributed by atoms with Gasteiger partial charge in [-0.1, -0.05) is 74.4 Å². The molecule has 62 heavy (non-hydrogen) atoms. The summed E-state index contributed by atoms with van der Waals surface area (Å²) in [5, 5.41) is 16.9. The standard InChI is InChI=1S/C43H48N8O8S3/c1-2-3-6-21-49-25-33(24-47-49)29-9-11-32(12-10-29)41(53)48-62(57,58)39-8-5-4-7-36(39)30-13-17-35(18-14-30)61-28-43(46,51(55)56)42(54)50-22-23-59-26-38(50)31-15-19-34(20-16-31)60-27-37(44)40(45)52/h4-5,7-20,24-25,37-38H,2-3,6,21-23,26-28,44,46H2,1H3,(H2,45,52)(H,48,53)/t37-,38?,43+/m0/s1. The van der Waals surface area contributed by atoms with E-state index >= 15 is 0 Å². The van der Waals surface area contributed by atoms with E-state index in [4.69, 9.17) is 21.9 Å². The SMILES string of the molecule is CCCCCn1cc(-c2ccc(C(=O)NS(=O)(=O)c3ccccc3-c3ccc(SC[C@](N)(C(=O)N4CCOCC4c4ccc(SC[C@H](N)C(N)=O)cc4)[N+](=O)[O-])cc3)cc2)cn1. The molecule has 19 heteroatoms. The number of morpholine rings is 1. The molecule has 3 atom stereocenters. The number of sulfonamides is 1. The van der Waals surface area contributed by atoms with E-state index in [-0.39, 0.29) is 36.0 Å². The third kappa shape index (κ3) is 11.1. The average Bonchev–Trinajstić information content (AvgIpc) is 3.76. The van der Waals surface area contributed by atoms with Gasteiger partial charge in [-0.25, -0.2) is 13.1 Å². The summed E-state index contributed by atoms with van der Waals surface area (Å²) in [6.45, 7) is 3.31. The van der Waals surface area contributed by atoms with E-state index in [9.17, 15) is 32.9 Å². The van der Waals surface area contributed by atoms with Crippen LogP contribution in [0.1, 0.15) is 48.1 Å². The van der Waals surface area contributed by atoms with Gasteiger partial charge >= 0.3 is 11.6 Å². The second-order valence-corrected chi connectivity index (χ2v) is 18.5. The Morgan fingerprint density at radius 1 is 0.952 bits per heavy atom. The zero-order valence-corrected chi connectivity index (χ0v) is 36.4. The highest BCUT2D eigenvalue weighted by Crippen LogP contribution is 2.33. The normalized spacial score (nSPS) is 15.7. The van der Waals surface area contributed by atoms with Crippen LogP contribution in [0, 0.1) is 10.1 Å². The Labute approximate surface area is 368 Å². The lowest BCUT2D eigenvalue weighted by molar-refractivity contribution is -0.546. The quantitative estimate of drug-likeness (QED) is 0.0279. The number of primary amides is 1. The van der Waals surface area contributed by atoms with E-state index in [2.05, 4.69) is 16.7 Å². The molecule has 0 radical (unpaired) electrons. The molecule has 0 spiro atoms. The minimum atomic E-state index is -4.34. The number of nitrogens with one attached hydrogen (secondary N) is 1. The molecular weight excluding hydrogens is 853 g/mol. The van der Waals surface area contributed by atoms with Crippen LogP contribution in [0.4, 0.5) is 0 Å². The molecular formula is C43H48N8O8S3. The van der Waals surface area contributed by atoms with Gasteiger partial charge in [0.25, 0.3) is 15.9 Å². The van der Waals surface area contributed by atoms with Gasteiger partial charge in [-0.05, 0) is 65.6 Å². The number of nitrogens with zero attached hydrogens (tertiary/aromatic N) is 4. The van der Waals surface area contributed by atoms with Crippen LogP contribution in [0.3, 0.4) is 0 Å². The molecule has 5 aromatic rings. The van der Waals surface area contributed by atoms with E-state index in [1.54, 1.807) is 97.2 Å². The Morgan fingerprint density at radius 2 is 1.61 bits per heavy atom. The van der Waals surface area contributed by atoms with Crippen molar-refractivity contribution in [2.75, 3.05) is 31.3 Å². The molecule has 7 N–H and O–H groups in total. The Morgan fingerprint density at radius 3 is 2.29 bits per heavy atom. The van der Waals surface area contributed by atoms with Gasteiger partial charge in [-0.3, -0.25) is 34.9 Å². The first-order valence-electron chi connectivity index (χ1n) is 19.8. The van der Waals surface area contributed by atoms with Crippen molar-refractivity contribution >= 4 is 51.3 Å². The number of aromatic nitrogens is 2. The fourth-order valence-electron chi connectivity index (χ4n) is 6.69. The van der Waals surface area contributed by atoms with Gasteiger partial charge in [0, 0.05) is 51.5 Å². The highest BCUT2D eigenvalue weighted by molar-refractivity contribution is 7.99. The first-order valence-corrected chi connectivity index (χ1v) is 23.3. The molecule has 1 aliphatic heterocycles. The van der Waals surface area contributed by atoms with E-state index in [0.717, 1.165) is 53.6 Å². The third-order valence-electron chi connectivity index (χ3n) is 10.3. The van der Waals surface area contributed by atoms with Crippen LogP contribution in [0.15, 0.2) is 124 Å². The molecule has 1 fully saturated rings. The fourth-order valence-corrected chi connectivity index (χ4v) is 9.70. The van der Waals surface area contributed by atoms with Gasteiger partial charge < -0.3 is 21.1 Å². The van der Waals surface area contributed by atoms with Crippen LogP contribution in [0.5, 0.6) is 0 Å². The van der Waals surface area contributed by atoms with Crippen LogP contribution in [0.25, 0.3) is 22.3 Å². The summed E-state index contributed by atoms with van der Waals surface area (Å²) in [7, 11) is -4.34. The van der Waals surface area contributed by atoms with Gasteiger partial charge in [0.1, 0.15) is 0 Å². The third-order valence-corrected chi connectivity index (χ3v) is 14.0. The molecule has 3 amide bonds. The van der Waals surface area contributed by atoms with Crippen molar-refractivity contribution in [2.24, 2.45) is 17.2 Å². The smallest absolute Gasteiger partial charge is 0.359 e. The van der Waals surface area contributed by atoms with Gasteiger partial charge in [0.05, 0.1) is 47.1 Å². The summed E-state index contributed by atoms with van der Waals surface area (Å²) in [6.07, 6.45) is 6.95. The minimum Gasteiger partial charge on any atom is -0.377 e. The molecule has 1 aromatic heterocycles. The van der Waals surface area contributed by atoms with Crippen LogP contribution >= 0.6 is 23.5 Å². The molecule has 1 saturated heterocycles. The largest absolute Gasteiger partial charge is 0.377 e. The maximum Gasteiger partial charge on any atom is 0.359 e. The van der Waals surface area contributed by atoms with Crippen molar-refractivity contribution in [3.63, 3.8) is 0 Å². The number of rotatable bonds is 19. The van der Waals surface area contributed by atoms with Gasteiger partial charge in [0.15, 0.2) is 0 Å². The van der Waals surface area contributed by atoms with Gasteiger partial charge in [-0.15, -0.1) is 23.5 Å². The second-order valence-electron chi connectivity index (χ2n) is 14.7. The van der Waals surface area contributed by atoms with E-state index in [1.807, 2.05) is 10.9 Å². The Kier molecular flexibility index (Phi) is 15.2. The number of unbranched alkanes of at least 4 members (excludes halogenated alkanes) is 2. The molecule has 0 bridgehead atoms. The molecule has 4 aromatic carbocycles. The number of carbonyl (C=O) groups excluding carboxylic acids is 3. The number of thioether (sulfide) groups is 2. The minimum absolute atomic E-state index is 0.0844. The van der Waals surface area contributed by atoms with Gasteiger partial charge in [-0.2, -0.15) is 5.10 Å². The summed E-state index contributed by atoms with van der Waals surface area (Å²) in [5.74, 6) is -2.39. The predicted molar refractivity (Wildman–Crippen MR) is 238 cm³/mol. The number of hydrogen-bond acceptors (Lipinski definition) is 13. The molecule has 6 rings (SSSR count). The lowest BCUT2D eigenvalue weighted by Gasteiger charge is -2.38. The molecule has 1 unspecified atom stereocenters. The van der Waals surface area contributed by atoms with E-state index in [1.165, 1.54) is 22.7 Å². The highest BCUT2D eigenvalue weighted by Gasteiger charge is 2.51. The summed E-state index contributed by atoms with van der Waals surface area (Å²) < 4.78 is 37.0. The van der Waals surface area contributed by atoms with Crippen molar-refractivity contribution in [3.8, 4) is 22.3 Å². The number of carbonyl (C=O) groups is 3. The van der Waals surface area contributed by atoms with E-state index < -0.39 is 56.2 Å². The number of ether oxygens (including phenoxy) is 1. The summed E-state index contributed by atoms with van der Waals surface area (Å²) in [4.78, 5) is 52.8. The topological polar surface area (TPSA) is 249 Å². The van der Waals surface area contributed by atoms with Crippen molar-refractivity contribution < 1.29 is 32.5 Å². The zero-order chi connectivity index (χ0) is 44.4. The Hall–Kier alpha value is -5.57. The molecule has 0 saturated carbocycles. The summed E-state index contributed by atoms with van der Waals surface area (Å²) in [5.41, 5.74) is 18.2. The monoisotopic (exact) mass is 900 g/mol. The summed E-state index contributed by atoms with van der Waals surface area (Å²) >= 11 is 2.35. The molecule has 1 aliphatic rings. The number of benzene rings is 4. The lowest BCUT2D eigenvalue weighted by atomic mass is 10.0. The van der Waals surface area contributed by atoms with Crippen molar-refractivity contribution in [3.05, 3.63) is 131 Å². The number of amides is 3. The molecule has 2 heterocycles. The van der Waals surface area contributed by atoms with Crippen molar-refractivity contribution in [1.29, 1.82) is 0 Å². The average molecular weight is 901 g/mol. The predicted octanol–water partition coefficient (Wildman–Crippen LogP) is 5.05. The first-order chi connectivity index (χ1) is 29.7.